The zero-order chi connectivity index (χ0) is 4.12. The van der Waals surface area contributed by atoms with Gasteiger partial charge in [-0.25, -0.2) is 12.2 Å². The number of rotatable bonds is 1. The average molecular weight is 192 g/mol. The fraction of sp³-hybridized carbons (Fsp3) is 0.200. The number of hydrogen-bond donors (Lipinski definition) is 0. The summed E-state index contributed by atoms with van der Waals surface area (Å²) in [6.45, 7) is 6.85. The van der Waals surface area contributed by atoms with E-state index in [2.05, 4.69) is 0 Å². The summed E-state index contributed by atoms with van der Waals surface area (Å²) in [5.74, 6) is 0. The smallest absolute Gasteiger partial charge is 0 e. The summed E-state index contributed by atoms with van der Waals surface area (Å²) in [7, 11) is 0. The summed E-state index contributed by atoms with van der Waals surface area (Å²) in [6, 6.07) is 0. The predicted octanol–water partition coefficient (Wildman–Crippen LogP) is 2.39. The third-order valence-corrected chi connectivity index (χ3v) is 0.304. The molecule has 0 N–H and O–H groups in total. The first-order valence-corrected chi connectivity index (χ1v) is 1.58. The maximum absolute atomic E-state index is 4.93. The van der Waals surface area contributed by atoms with Crippen molar-refractivity contribution in [2.45, 2.75) is 6.92 Å². The van der Waals surface area contributed by atoms with Gasteiger partial charge in [0.2, 0.25) is 0 Å². The number of halogens is 2. The first kappa shape index (κ1) is 23.5. The van der Waals surface area contributed by atoms with Gasteiger partial charge in [-0.1, -0.05) is 6.92 Å². The van der Waals surface area contributed by atoms with E-state index in [9.17, 15) is 0 Å². The molecule has 0 fully saturated rings. The van der Waals surface area contributed by atoms with E-state index in [1.54, 1.807) is 6.08 Å². The first-order chi connectivity index (χ1) is 2.41. The largest absolute Gasteiger partial charge is 0.293 e. The Hall–Kier alpha value is 0.592. The Labute approximate surface area is 74.0 Å². The quantitative estimate of drug-likeness (QED) is 0.442. The van der Waals surface area contributed by atoms with Crippen LogP contribution in [0, 0.1) is 6.58 Å². The average Bonchev–Trinajstić information content (AvgIpc) is 1.41. The molecular formula is C5H9Cl2Cr-. The van der Waals surface area contributed by atoms with Gasteiger partial charge in [-0.05, 0) is 0 Å². The molecule has 0 saturated heterocycles. The molecule has 0 heterocycles. The van der Waals surface area contributed by atoms with E-state index in [1.807, 2.05) is 13.0 Å². The number of allylic oxidation sites excluding steroid dienone is 3. The normalized spacial score (nSPS) is 5.62. The molecule has 3 heteroatoms. The second-order valence-electron chi connectivity index (χ2n) is 0.718. The van der Waals surface area contributed by atoms with Gasteiger partial charge in [-0.3, -0.25) is 6.58 Å². The van der Waals surface area contributed by atoms with Crippen LogP contribution < -0.4 is 0 Å². The van der Waals surface area contributed by atoms with E-state index in [0.29, 0.717) is 0 Å². The molecule has 0 aromatic rings. The van der Waals surface area contributed by atoms with E-state index < -0.39 is 0 Å². The Morgan fingerprint density at radius 3 is 1.62 bits per heavy atom. The minimum atomic E-state index is 0. The molecule has 0 amide bonds. The van der Waals surface area contributed by atoms with Gasteiger partial charge in [-0.2, -0.15) is 6.08 Å². The molecule has 8 heavy (non-hydrogen) atoms. The van der Waals surface area contributed by atoms with Crippen molar-refractivity contribution >= 4 is 24.8 Å². The van der Waals surface area contributed by atoms with Gasteiger partial charge < -0.3 is 0 Å². The van der Waals surface area contributed by atoms with Gasteiger partial charge in [0.25, 0.3) is 0 Å². The van der Waals surface area contributed by atoms with E-state index in [0.717, 1.165) is 0 Å². The van der Waals surface area contributed by atoms with Crippen LogP contribution in [0.3, 0.4) is 0 Å². The molecule has 0 aliphatic rings. The van der Waals surface area contributed by atoms with Crippen molar-refractivity contribution in [1.82, 2.24) is 0 Å². The topological polar surface area (TPSA) is 0 Å². The summed E-state index contributed by atoms with van der Waals surface area (Å²) < 4.78 is 0. The minimum Gasteiger partial charge on any atom is -0.293 e. The first-order valence-electron chi connectivity index (χ1n) is 1.58. The van der Waals surface area contributed by atoms with Crippen molar-refractivity contribution in [2.24, 2.45) is 0 Å². The fourth-order valence-electron chi connectivity index (χ4n) is 0.111. The SMILES string of the molecule is Cl.Cl.[CH-]=CC=CC.[Cr]. The Bertz CT molecular complexity index is 52.4. The summed E-state index contributed by atoms with van der Waals surface area (Å²) in [4.78, 5) is 0. The molecule has 0 spiro atoms. The van der Waals surface area contributed by atoms with Crippen LogP contribution in [0.15, 0.2) is 18.2 Å². The Morgan fingerprint density at radius 2 is 1.62 bits per heavy atom. The van der Waals surface area contributed by atoms with Crippen molar-refractivity contribution in [3.05, 3.63) is 24.8 Å². The van der Waals surface area contributed by atoms with Crippen LogP contribution in [0.25, 0.3) is 0 Å². The van der Waals surface area contributed by atoms with Crippen molar-refractivity contribution in [3.8, 4) is 0 Å². The van der Waals surface area contributed by atoms with Gasteiger partial charge >= 0.3 is 0 Å². The second kappa shape index (κ2) is 25.6. The van der Waals surface area contributed by atoms with Gasteiger partial charge in [-0.15, -0.1) is 24.8 Å². The summed E-state index contributed by atoms with van der Waals surface area (Å²) in [5.41, 5.74) is 0. The van der Waals surface area contributed by atoms with Crippen molar-refractivity contribution in [2.75, 3.05) is 0 Å². The third kappa shape index (κ3) is 30.7. The third-order valence-electron chi connectivity index (χ3n) is 0.304. The van der Waals surface area contributed by atoms with Crippen LogP contribution in [0.5, 0.6) is 0 Å². The van der Waals surface area contributed by atoms with Crippen LogP contribution in [0.1, 0.15) is 6.92 Å². The molecular weight excluding hydrogens is 183 g/mol. The molecule has 0 aromatic heterocycles. The Kier molecular flexibility index (Phi) is 75.1. The van der Waals surface area contributed by atoms with Crippen LogP contribution in [0.4, 0.5) is 0 Å². The summed E-state index contributed by atoms with van der Waals surface area (Å²) >= 11 is 0. The summed E-state index contributed by atoms with van der Waals surface area (Å²) in [5, 5.41) is 0. The van der Waals surface area contributed by atoms with Crippen molar-refractivity contribution in [3.63, 3.8) is 0 Å². The monoisotopic (exact) mass is 191 g/mol. The molecule has 0 saturated carbocycles. The van der Waals surface area contributed by atoms with Crippen LogP contribution in [-0.2, 0) is 17.4 Å². The van der Waals surface area contributed by atoms with Crippen molar-refractivity contribution < 1.29 is 17.4 Å². The maximum atomic E-state index is 4.93. The van der Waals surface area contributed by atoms with Gasteiger partial charge in [0.05, 0.1) is 0 Å². The molecule has 0 aliphatic carbocycles. The molecule has 0 rings (SSSR count). The maximum Gasteiger partial charge on any atom is 0 e. The fourth-order valence-corrected chi connectivity index (χ4v) is 0.111. The Balaban J connectivity index is -0.0000000267. The molecule has 0 atom stereocenters. The van der Waals surface area contributed by atoms with E-state index in [-0.39, 0.29) is 42.2 Å². The van der Waals surface area contributed by atoms with Gasteiger partial charge in [0.15, 0.2) is 0 Å². The van der Waals surface area contributed by atoms with E-state index in [4.69, 9.17) is 6.58 Å². The van der Waals surface area contributed by atoms with E-state index >= 15 is 0 Å². The second-order valence-corrected chi connectivity index (χ2v) is 0.718. The molecule has 50 valence electrons. The minimum absolute atomic E-state index is 0. The molecule has 0 radical (unpaired) electrons. The number of hydrogen-bond acceptors (Lipinski definition) is 0. The van der Waals surface area contributed by atoms with Crippen LogP contribution in [0.2, 0.25) is 0 Å². The zero-order valence-corrected chi connectivity index (χ0v) is 7.44. The molecule has 0 nitrogen and oxygen atoms in total. The molecule has 0 unspecified atom stereocenters. The Morgan fingerprint density at radius 1 is 1.25 bits per heavy atom. The predicted molar refractivity (Wildman–Crippen MR) is 38.2 cm³/mol. The standard InChI is InChI=1S/C5H7.2ClH.Cr/c1-3-5-4-2;;;/h1,3-5H,2H3;2*1H;/q-1;;;. The van der Waals surface area contributed by atoms with E-state index in [1.165, 1.54) is 6.08 Å². The zero-order valence-electron chi connectivity index (χ0n) is 4.53. The van der Waals surface area contributed by atoms with Crippen LogP contribution >= 0.6 is 24.8 Å². The van der Waals surface area contributed by atoms with Gasteiger partial charge in [0, 0.05) is 17.4 Å². The van der Waals surface area contributed by atoms with Gasteiger partial charge in [0.1, 0.15) is 0 Å². The molecule has 0 aliphatic heterocycles. The summed E-state index contributed by atoms with van der Waals surface area (Å²) in [6.07, 6.45) is 5.15. The molecule has 0 aromatic carbocycles. The molecule has 0 bridgehead atoms. The van der Waals surface area contributed by atoms with Crippen molar-refractivity contribution in [1.29, 1.82) is 0 Å². The van der Waals surface area contributed by atoms with Crippen LogP contribution in [-0.4, -0.2) is 0 Å².